The average Bonchev–Trinajstić information content (AvgIpc) is 3.20. The molecule has 0 amide bonds. The quantitative estimate of drug-likeness (QED) is 0.451. The van der Waals surface area contributed by atoms with Gasteiger partial charge in [0.1, 0.15) is 0 Å². The summed E-state index contributed by atoms with van der Waals surface area (Å²) in [5, 5.41) is 8.86. The van der Waals surface area contributed by atoms with Crippen LogP contribution in [0.3, 0.4) is 0 Å². The third-order valence-electron chi connectivity index (χ3n) is 4.44. The van der Waals surface area contributed by atoms with Crippen molar-refractivity contribution in [2.24, 2.45) is 0 Å². The van der Waals surface area contributed by atoms with Gasteiger partial charge in [0.25, 0.3) is 5.56 Å². The van der Waals surface area contributed by atoms with Crippen molar-refractivity contribution in [3.63, 3.8) is 0 Å². The SMILES string of the molecule is CCCOC(=O)c1ccc(Cn2nnc3sc(-c4ccccc4)cc3c2=O)cc1. The first-order chi connectivity index (χ1) is 14.2. The van der Waals surface area contributed by atoms with Crippen LogP contribution in [0.4, 0.5) is 0 Å². The highest BCUT2D eigenvalue weighted by Crippen LogP contribution is 2.30. The lowest BCUT2D eigenvalue weighted by Crippen LogP contribution is -2.24. The Hall–Kier alpha value is -3.32. The number of ether oxygens (including phenoxy) is 1. The second-order valence-corrected chi connectivity index (χ2v) is 7.61. The summed E-state index contributed by atoms with van der Waals surface area (Å²) in [6, 6.07) is 18.7. The van der Waals surface area contributed by atoms with Crippen LogP contribution in [-0.4, -0.2) is 27.6 Å². The highest BCUT2D eigenvalue weighted by Gasteiger charge is 2.12. The summed E-state index contributed by atoms with van der Waals surface area (Å²) in [6.07, 6.45) is 0.780. The van der Waals surface area contributed by atoms with Gasteiger partial charge in [-0.2, -0.15) is 0 Å². The molecule has 146 valence electrons. The molecule has 29 heavy (non-hydrogen) atoms. The van der Waals surface area contributed by atoms with Gasteiger partial charge >= 0.3 is 5.97 Å². The standard InChI is InChI=1S/C22H19N3O3S/c1-2-12-28-22(27)17-10-8-15(9-11-17)14-25-21(26)18-13-19(29-20(18)23-24-25)16-6-4-3-5-7-16/h3-11,13H,2,12,14H2,1H3. The molecule has 0 fully saturated rings. The van der Waals surface area contributed by atoms with Crippen LogP contribution in [0.15, 0.2) is 65.5 Å². The molecule has 4 aromatic rings. The third-order valence-corrected chi connectivity index (χ3v) is 5.51. The number of fused-ring (bicyclic) bond motifs is 1. The summed E-state index contributed by atoms with van der Waals surface area (Å²) < 4.78 is 6.47. The van der Waals surface area contributed by atoms with Crippen LogP contribution >= 0.6 is 11.3 Å². The topological polar surface area (TPSA) is 74.1 Å². The van der Waals surface area contributed by atoms with Gasteiger partial charge in [-0.3, -0.25) is 4.79 Å². The molecule has 0 saturated carbocycles. The monoisotopic (exact) mass is 405 g/mol. The lowest BCUT2D eigenvalue weighted by atomic mass is 10.1. The average molecular weight is 405 g/mol. The Morgan fingerprint density at radius 2 is 1.86 bits per heavy atom. The lowest BCUT2D eigenvalue weighted by Gasteiger charge is -2.06. The molecule has 0 aliphatic carbocycles. The van der Waals surface area contributed by atoms with Crippen LogP contribution in [0, 0.1) is 0 Å². The maximum absolute atomic E-state index is 12.9. The van der Waals surface area contributed by atoms with Gasteiger partial charge in [0.05, 0.1) is 24.1 Å². The van der Waals surface area contributed by atoms with Crippen LogP contribution in [0.25, 0.3) is 20.7 Å². The number of aromatic nitrogens is 3. The van der Waals surface area contributed by atoms with Crippen molar-refractivity contribution >= 4 is 27.5 Å². The normalized spacial score (nSPS) is 10.9. The molecule has 2 aromatic carbocycles. The van der Waals surface area contributed by atoms with Gasteiger partial charge < -0.3 is 4.74 Å². The van der Waals surface area contributed by atoms with Gasteiger partial charge in [-0.25, -0.2) is 9.48 Å². The van der Waals surface area contributed by atoms with Crippen molar-refractivity contribution in [2.75, 3.05) is 6.61 Å². The second kappa shape index (κ2) is 8.36. The van der Waals surface area contributed by atoms with E-state index in [2.05, 4.69) is 10.3 Å². The molecule has 0 saturated heterocycles. The Balaban J connectivity index is 1.58. The van der Waals surface area contributed by atoms with Crippen molar-refractivity contribution < 1.29 is 9.53 Å². The largest absolute Gasteiger partial charge is 0.462 e. The fraction of sp³-hybridized carbons (Fsp3) is 0.182. The second-order valence-electron chi connectivity index (χ2n) is 6.58. The van der Waals surface area contributed by atoms with Gasteiger partial charge in [-0.1, -0.05) is 54.6 Å². The summed E-state index contributed by atoms with van der Waals surface area (Å²) in [6.45, 7) is 2.63. The van der Waals surface area contributed by atoms with Crippen LogP contribution in [0.5, 0.6) is 0 Å². The fourth-order valence-electron chi connectivity index (χ4n) is 2.93. The number of nitrogens with zero attached hydrogens (tertiary/aromatic N) is 3. The van der Waals surface area contributed by atoms with Crippen LogP contribution in [-0.2, 0) is 11.3 Å². The summed E-state index contributed by atoms with van der Waals surface area (Å²) in [4.78, 5) is 26.4. The first-order valence-electron chi connectivity index (χ1n) is 9.34. The number of carbonyl (C=O) groups excluding carboxylic acids is 1. The number of benzene rings is 2. The molecule has 0 bridgehead atoms. The smallest absolute Gasteiger partial charge is 0.338 e. The Morgan fingerprint density at radius 3 is 2.59 bits per heavy atom. The Morgan fingerprint density at radius 1 is 1.10 bits per heavy atom. The maximum atomic E-state index is 12.9. The first kappa shape index (κ1) is 19.0. The maximum Gasteiger partial charge on any atom is 0.338 e. The number of thiophene rings is 1. The van der Waals surface area contributed by atoms with E-state index in [9.17, 15) is 9.59 Å². The van der Waals surface area contributed by atoms with Crippen LogP contribution < -0.4 is 5.56 Å². The summed E-state index contributed by atoms with van der Waals surface area (Å²) >= 11 is 1.45. The zero-order valence-corrected chi connectivity index (χ0v) is 16.7. The zero-order valence-electron chi connectivity index (χ0n) is 15.9. The molecule has 0 aliphatic heterocycles. The van der Waals surface area contributed by atoms with Gasteiger partial charge in [-0.15, -0.1) is 16.4 Å². The first-order valence-corrected chi connectivity index (χ1v) is 10.2. The fourth-order valence-corrected chi connectivity index (χ4v) is 3.90. The molecule has 7 heteroatoms. The summed E-state index contributed by atoms with van der Waals surface area (Å²) in [7, 11) is 0. The van der Waals surface area contributed by atoms with Crippen LogP contribution in [0.1, 0.15) is 29.3 Å². The zero-order chi connectivity index (χ0) is 20.2. The van der Waals surface area contributed by atoms with E-state index in [-0.39, 0.29) is 18.1 Å². The Bertz CT molecular complexity index is 1200. The number of carbonyl (C=O) groups is 1. The Kier molecular flexibility index (Phi) is 5.48. The molecular weight excluding hydrogens is 386 g/mol. The molecule has 6 nitrogen and oxygen atoms in total. The molecule has 0 unspecified atom stereocenters. The molecule has 0 N–H and O–H groups in total. The van der Waals surface area contributed by atoms with Gasteiger partial charge in [0.2, 0.25) is 0 Å². The molecule has 0 atom stereocenters. The van der Waals surface area contributed by atoms with Crippen molar-refractivity contribution in [1.29, 1.82) is 0 Å². The Labute approximate surface area is 171 Å². The molecule has 4 rings (SSSR count). The highest BCUT2D eigenvalue weighted by molar-refractivity contribution is 7.21. The minimum Gasteiger partial charge on any atom is -0.462 e. The van der Waals surface area contributed by atoms with Gasteiger partial charge in [-0.05, 0) is 35.7 Å². The molecule has 0 spiro atoms. The van der Waals surface area contributed by atoms with Crippen molar-refractivity contribution in [1.82, 2.24) is 15.0 Å². The van der Waals surface area contributed by atoms with E-state index in [0.29, 0.717) is 22.4 Å². The predicted octanol–water partition coefficient (Wildman–Crippen LogP) is 4.14. The van der Waals surface area contributed by atoms with E-state index in [1.165, 1.54) is 16.0 Å². The number of hydrogen-bond acceptors (Lipinski definition) is 6. The van der Waals surface area contributed by atoms with Gasteiger partial charge in [0.15, 0.2) is 4.83 Å². The van der Waals surface area contributed by atoms with E-state index >= 15 is 0 Å². The van der Waals surface area contributed by atoms with E-state index in [4.69, 9.17) is 4.74 Å². The lowest BCUT2D eigenvalue weighted by molar-refractivity contribution is 0.0505. The van der Waals surface area contributed by atoms with E-state index in [1.54, 1.807) is 24.3 Å². The van der Waals surface area contributed by atoms with Crippen molar-refractivity contribution in [3.05, 3.63) is 82.1 Å². The molecule has 2 aromatic heterocycles. The van der Waals surface area contributed by atoms with Crippen LogP contribution in [0.2, 0.25) is 0 Å². The van der Waals surface area contributed by atoms with Crippen molar-refractivity contribution in [2.45, 2.75) is 19.9 Å². The molecular formula is C22H19N3O3S. The number of hydrogen-bond donors (Lipinski definition) is 0. The summed E-state index contributed by atoms with van der Waals surface area (Å²) in [5.74, 6) is -0.344. The molecule has 2 heterocycles. The minimum absolute atomic E-state index is 0.181. The van der Waals surface area contributed by atoms with E-state index < -0.39 is 0 Å². The number of rotatable bonds is 6. The van der Waals surface area contributed by atoms with Gasteiger partial charge in [0, 0.05) is 4.88 Å². The highest BCUT2D eigenvalue weighted by atomic mass is 32.1. The third kappa shape index (κ3) is 4.09. The van der Waals surface area contributed by atoms with E-state index in [0.717, 1.165) is 22.4 Å². The van der Waals surface area contributed by atoms with Crippen molar-refractivity contribution in [3.8, 4) is 10.4 Å². The summed E-state index contributed by atoms with van der Waals surface area (Å²) in [5.41, 5.74) is 2.21. The van der Waals surface area contributed by atoms with E-state index in [1.807, 2.05) is 43.3 Å². The molecule has 0 radical (unpaired) electrons. The number of esters is 1. The minimum atomic E-state index is -0.344. The predicted molar refractivity (Wildman–Crippen MR) is 113 cm³/mol. The molecule has 0 aliphatic rings.